The monoisotopic (exact) mass is 272 g/mol. The van der Waals surface area contributed by atoms with Crippen LogP contribution in [0.3, 0.4) is 0 Å². The number of nitrogens with one attached hydrogen (secondary N) is 1. The first-order valence-corrected chi connectivity index (χ1v) is 6.16. The van der Waals surface area contributed by atoms with Crippen molar-refractivity contribution in [2.45, 2.75) is 26.3 Å². The second-order valence-electron chi connectivity index (χ2n) is 3.93. The highest BCUT2D eigenvalue weighted by atomic mass is 32.1. The van der Waals surface area contributed by atoms with Crippen LogP contribution in [0.25, 0.3) is 11.0 Å². The van der Waals surface area contributed by atoms with Gasteiger partial charge in [-0.3, -0.25) is 0 Å². The molecule has 0 saturated heterocycles. The number of imidazole rings is 1. The first kappa shape index (κ1) is 13.0. The number of H-pyrrole nitrogens is 1. The van der Waals surface area contributed by atoms with Crippen LogP contribution in [0.4, 0.5) is 8.78 Å². The number of aromatic amines is 1. The van der Waals surface area contributed by atoms with Crippen LogP contribution in [0.15, 0.2) is 18.2 Å². The van der Waals surface area contributed by atoms with E-state index in [-0.39, 0.29) is 4.77 Å². The molecule has 0 saturated carbocycles. The van der Waals surface area contributed by atoms with E-state index in [0.29, 0.717) is 23.4 Å². The summed E-state index contributed by atoms with van der Waals surface area (Å²) in [5, 5.41) is 0. The van der Waals surface area contributed by atoms with Gasteiger partial charge in [0.1, 0.15) is 11.3 Å². The number of aromatic nitrogens is 2. The Morgan fingerprint density at radius 1 is 1.44 bits per heavy atom. The summed E-state index contributed by atoms with van der Waals surface area (Å²) >= 11 is 5.06. The lowest BCUT2D eigenvalue weighted by atomic mass is 10.3. The predicted octanol–water partition coefficient (Wildman–Crippen LogP) is 3.75. The van der Waals surface area contributed by atoms with Gasteiger partial charge in [0.15, 0.2) is 4.77 Å². The predicted molar refractivity (Wildman–Crippen MR) is 68.9 cm³/mol. The summed E-state index contributed by atoms with van der Waals surface area (Å²) in [4.78, 5) is 2.93. The molecule has 0 spiro atoms. The number of alkyl halides is 2. The van der Waals surface area contributed by atoms with E-state index in [1.807, 2.05) is 6.92 Å². The van der Waals surface area contributed by atoms with Crippen LogP contribution >= 0.6 is 12.2 Å². The minimum atomic E-state index is -2.43. The van der Waals surface area contributed by atoms with Gasteiger partial charge in [0.25, 0.3) is 6.43 Å². The fourth-order valence-electron chi connectivity index (χ4n) is 1.81. The lowest BCUT2D eigenvalue weighted by Crippen LogP contribution is -2.06. The number of hydrogen-bond donors (Lipinski definition) is 1. The number of halogens is 2. The fraction of sp³-hybridized carbons (Fsp3) is 0.417. The molecule has 0 unspecified atom stereocenters. The van der Waals surface area contributed by atoms with Gasteiger partial charge in [-0.15, -0.1) is 0 Å². The van der Waals surface area contributed by atoms with Crippen molar-refractivity contribution in [3.8, 4) is 5.75 Å². The van der Waals surface area contributed by atoms with Crippen LogP contribution in [0.1, 0.15) is 13.3 Å². The highest BCUT2D eigenvalue weighted by Crippen LogP contribution is 2.25. The summed E-state index contributed by atoms with van der Waals surface area (Å²) in [5.41, 5.74) is 1.32. The second-order valence-corrected chi connectivity index (χ2v) is 4.32. The normalized spacial score (nSPS) is 11.3. The molecule has 0 aliphatic carbocycles. The molecule has 0 atom stereocenters. The molecule has 6 heteroatoms. The Morgan fingerprint density at radius 2 is 2.22 bits per heavy atom. The number of fused-ring (bicyclic) bond motifs is 1. The Labute approximate surface area is 108 Å². The summed E-state index contributed by atoms with van der Waals surface area (Å²) in [5.74, 6) is 0.647. The molecule has 0 amide bonds. The van der Waals surface area contributed by atoms with Crippen LogP contribution in [0.5, 0.6) is 5.75 Å². The number of hydrogen-bond acceptors (Lipinski definition) is 2. The van der Waals surface area contributed by atoms with Gasteiger partial charge in [0.05, 0.1) is 18.7 Å². The van der Waals surface area contributed by atoms with Crippen molar-refractivity contribution in [1.29, 1.82) is 0 Å². The molecule has 1 aromatic carbocycles. The van der Waals surface area contributed by atoms with Crippen molar-refractivity contribution in [3.05, 3.63) is 23.0 Å². The first-order chi connectivity index (χ1) is 8.63. The summed E-state index contributed by atoms with van der Waals surface area (Å²) in [7, 11) is 0. The molecule has 0 aliphatic rings. The van der Waals surface area contributed by atoms with Gasteiger partial charge in [-0.2, -0.15) is 0 Å². The molecule has 98 valence electrons. The number of ether oxygens (including phenoxy) is 1. The van der Waals surface area contributed by atoms with Gasteiger partial charge >= 0.3 is 0 Å². The molecule has 18 heavy (non-hydrogen) atoms. The number of nitrogens with zero attached hydrogens (tertiary/aromatic N) is 1. The van der Waals surface area contributed by atoms with Crippen molar-refractivity contribution in [3.63, 3.8) is 0 Å². The van der Waals surface area contributed by atoms with Crippen molar-refractivity contribution in [2.24, 2.45) is 0 Å². The molecule has 1 N–H and O–H groups in total. The third-order valence-electron chi connectivity index (χ3n) is 2.55. The molecule has 2 aromatic rings. The maximum absolute atomic E-state index is 12.5. The van der Waals surface area contributed by atoms with Crippen molar-refractivity contribution in [1.82, 2.24) is 9.55 Å². The van der Waals surface area contributed by atoms with Gasteiger partial charge in [-0.05, 0) is 30.8 Å². The lowest BCUT2D eigenvalue weighted by molar-refractivity contribution is 0.127. The van der Waals surface area contributed by atoms with Crippen molar-refractivity contribution in [2.75, 3.05) is 6.61 Å². The molecule has 0 fully saturated rings. The zero-order valence-corrected chi connectivity index (χ0v) is 10.8. The maximum atomic E-state index is 12.5. The molecule has 0 radical (unpaired) electrons. The molecule has 2 rings (SSSR count). The highest BCUT2D eigenvalue weighted by Gasteiger charge is 2.12. The average Bonchev–Trinajstić information content (AvgIpc) is 2.64. The van der Waals surface area contributed by atoms with Gasteiger partial charge in [-0.25, -0.2) is 8.78 Å². The van der Waals surface area contributed by atoms with Crippen LogP contribution in [-0.4, -0.2) is 22.6 Å². The molecule has 1 aromatic heterocycles. The van der Waals surface area contributed by atoms with Gasteiger partial charge < -0.3 is 14.3 Å². The summed E-state index contributed by atoms with van der Waals surface area (Å²) in [6.07, 6.45) is -1.55. The Balaban J connectivity index is 2.49. The zero-order valence-electron chi connectivity index (χ0n) is 9.95. The van der Waals surface area contributed by atoms with E-state index in [9.17, 15) is 8.78 Å². The van der Waals surface area contributed by atoms with Gasteiger partial charge in [-0.1, -0.05) is 13.0 Å². The minimum Gasteiger partial charge on any atom is -0.491 e. The fourth-order valence-corrected chi connectivity index (χ4v) is 2.08. The third-order valence-corrected chi connectivity index (χ3v) is 2.88. The summed E-state index contributed by atoms with van der Waals surface area (Å²) < 4.78 is 32.2. The Hall–Kier alpha value is -1.43. The van der Waals surface area contributed by atoms with Crippen LogP contribution in [-0.2, 0) is 6.54 Å². The first-order valence-electron chi connectivity index (χ1n) is 5.76. The minimum absolute atomic E-state index is 0.290. The van der Waals surface area contributed by atoms with E-state index in [4.69, 9.17) is 17.0 Å². The SMILES string of the molecule is CCCOc1cccc2c1[nH]c(=S)n2CC(F)F. The van der Waals surface area contributed by atoms with E-state index < -0.39 is 13.0 Å². The van der Waals surface area contributed by atoms with Crippen molar-refractivity contribution >= 4 is 23.3 Å². The zero-order chi connectivity index (χ0) is 13.1. The lowest BCUT2D eigenvalue weighted by Gasteiger charge is -2.06. The standard InChI is InChI=1S/C12H14F2N2OS/c1-2-6-17-9-5-3-4-8-11(9)15-12(18)16(8)7-10(13)14/h3-5,10H,2,6-7H2,1H3,(H,15,18). The van der Waals surface area contributed by atoms with E-state index in [0.717, 1.165) is 6.42 Å². The highest BCUT2D eigenvalue weighted by molar-refractivity contribution is 7.71. The summed E-state index contributed by atoms with van der Waals surface area (Å²) in [6.45, 7) is 2.18. The Bertz CT molecular complexity index is 591. The second kappa shape index (κ2) is 5.48. The van der Waals surface area contributed by atoms with Crippen LogP contribution in [0, 0.1) is 4.77 Å². The number of benzene rings is 1. The molecular weight excluding hydrogens is 258 g/mol. The summed E-state index contributed by atoms with van der Waals surface area (Å²) in [6, 6.07) is 5.33. The molecule has 0 bridgehead atoms. The quantitative estimate of drug-likeness (QED) is 0.840. The van der Waals surface area contributed by atoms with E-state index >= 15 is 0 Å². The Morgan fingerprint density at radius 3 is 2.89 bits per heavy atom. The van der Waals surface area contributed by atoms with E-state index in [1.54, 1.807) is 18.2 Å². The third kappa shape index (κ3) is 2.53. The average molecular weight is 272 g/mol. The number of para-hydroxylation sites is 1. The van der Waals surface area contributed by atoms with Crippen LogP contribution < -0.4 is 4.74 Å². The molecular formula is C12H14F2N2OS. The maximum Gasteiger partial charge on any atom is 0.256 e. The van der Waals surface area contributed by atoms with Crippen molar-refractivity contribution < 1.29 is 13.5 Å². The van der Waals surface area contributed by atoms with Gasteiger partial charge in [0, 0.05) is 0 Å². The smallest absolute Gasteiger partial charge is 0.256 e. The Kier molecular flexibility index (Phi) is 3.96. The largest absolute Gasteiger partial charge is 0.491 e. The molecule has 0 aliphatic heterocycles. The van der Waals surface area contributed by atoms with E-state index in [2.05, 4.69) is 4.98 Å². The number of rotatable bonds is 5. The van der Waals surface area contributed by atoms with Gasteiger partial charge in [0.2, 0.25) is 0 Å². The van der Waals surface area contributed by atoms with E-state index in [1.165, 1.54) is 4.57 Å². The molecule has 1 heterocycles. The topological polar surface area (TPSA) is 29.9 Å². The van der Waals surface area contributed by atoms with Crippen LogP contribution in [0.2, 0.25) is 0 Å². The molecule has 3 nitrogen and oxygen atoms in total.